The zero-order valence-corrected chi connectivity index (χ0v) is 8.79. The summed E-state index contributed by atoms with van der Waals surface area (Å²) in [5, 5.41) is 6.79. The lowest BCUT2D eigenvalue weighted by Gasteiger charge is -2.35. The topological polar surface area (TPSA) is 27.3 Å². The average molecular weight is 193 g/mol. The fourth-order valence-electron chi connectivity index (χ4n) is 2.08. The van der Waals surface area contributed by atoms with Gasteiger partial charge in [-0.2, -0.15) is 0 Å². The number of rotatable bonds is 2. The molecule has 2 heterocycles. The third kappa shape index (κ3) is 2.10. The van der Waals surface area contributed by atoms with Gasteiger partial charge in [0.2, 0.25) is 0 Å². The van der Waals surface area contributed by atoms with Gasteiger partial charge in [-0.15, -0.1) is 0 Å². The first-order chi connectivity index (χ1) is 6.88. The van der Waals surface area contributed by atoms with Crippen molar-refractivity contribution in [2.24, 2.45) is 0 Å². The van der Waals surface area contributed by atoms with Crippen LogP contribution in [0.2, 0.25) is 0 Å². The van der Waals surface area contributed by atoms with Crippen LogP contribution in [0, 0.1) is 0 Å². The molecule has 0 atom stereocenters. The Morgan fingerprint density at radius 3 is 2.79 bits per heavy atom. The van der Waals surface area contributed by atoms with Crippen molar-refractivity contribution in [3.05, 3.63) is 24.0 Å². The van der Waals surface area contributed by atoms with Crippen LogP contribution in [0.15, 0.2) is 24.0 Å². The molecule has 3 heteroatoms. The Kier molecular flexibility index (Phi) is 3.09. The normalized spacial score (nSPS) is 22.8. The number of dihydropyridines is 1. The maximum absolute atomic E-state index is 3.40. The predicted octanol–water partition coefficient (Wildman–Crippen LogP) is 0.671. The van der Waals surface area contributed by atoms with Crippen LogP contribution >= 0.6 is 0 Å². The first kappa shape index (κ1) is 9.59. The van der Waals surface area contributed by atoms with E-state index in [0.717, 1.165) is 19.6 Å². The standard InChI is InChI=1S/C11H19N3/c1-14(10-5-8-12-9-6-10)11-4-2-3-7-13-11/h2-4,10,12-13H,5-9H2,1H3. The van der Waals surface area contributed by atoms with Crippen LogP contribution in [-0.4, -0.2) is 37.6 Å². The number of piperidine rings is 1. The molecule has 14 heavy (non-hydrogen) atoms. The van der Waals surface area contributed by atoms with E-state index >= 15 is 0 Å². The molecule has 2 N–H and O–H groups in total. The molecule has 1 saturated heterocycles. The van der Waals surface area contributed by atoms with Gasteiger partial charge in [-0.25, -0.2) is 0 Å². The lowest BCUT2D eigenvalue weighted by atomic mass is 10.1. The highest BCUT2D eigenvalue weighted by atomic mass is 15.2. The second-order valence-electron chi connectivity index (χ2n) is 3.95. The maximum Gasteiger partial charge on any atom is 0.101 e. The smallest absolute Gasteiger partial charge is 0.101 e. The highest BCUT2D eigenvalue weighted by molar-refractivity contribution is 5.16. The van der Waals surface area contributed by atoms with Gasteiger partial charge in [-0.3, -0.25) is 0 Å². The molecule has 1 fully saturated rings. The number of nitrogens with zero attached hydrogens (tertiary/aromatic N) is 1. The van der Waals surface area contributed by atoms with Crippen LogP contribution in [-0.2, 0) is 0 Å². The second kappa shape index (κ2) is 4.51. The van der Waals surface area contributed by atoms with E-state index in [4.69, 9.17) is 0 Å². The maximum atomic E-state index is 3.40. The van der Waals surface area contributed by atoms with E-state index in [-0.39, 0.29) is 0 Å². The fraction of sp³-hybridized carbons (Fsp3) is 0.636. The lowest BCUT2D eigenvalue weighted by Crippen LogP contribution is -2.43. The molecule has 0 spiro atoms. The number of hydrogen-bond acceptors (Lipinski definition) is 3. The van der Waals surface area contributed by atoms with Gasteiger partial charge in [0, 0.05) is 19.6 Å². The van der Waals surface area contributed by atoms with Crippen molar-refractivity contribution >= 4 is 0 Å². The molecule has 2 aliphatic rings. The van der Waals surface area contributed by atoms with Crippen LogP contribution < -0.4 is 10.6 Å². The van der Waals surface area contributed by atoms with Crippen LogP contribution in [0.3, 0.4) is 0 Å². The summed E-state index contributed by atoms with van der Waals surface area (Å²) < 4.78 is 0. The van der Waals surface area contributed by atoms with Gasteiger partial charge < -0.3 is 15.5 Å². The molecule has 0 aromatic rings. The Bertz CT molecular complexity index is 239. The molecule has 2 rings (SSSR count). The van der Waals surface area contributed by atoms with Crippen LogP contribution in [0.5, 0.6) is 0 Å². The second-order valence-corrected chi connectivity index (χ2v) is 3.95. The Hall–Kier alpha value is -0.960. The highest BCUT2D eigenvalue weighted by Crippen LogP contribution is 2.14. The molecule has 2 aliphatic heterocycles. The quantitative estimate of drug-likeness (QED) is 0.675. The minimum absolute atomic E-state index is 0.696. The molecular formula is C11H19N3. The third-order valence-electron chi connectivity index (χ3n) is 3.03. The molecule has 0 amide bonds. The zero-order chi connectivity index (χ0) is 9.80. The summed E-state index contributed by atoms with van der Waals surface area (Å²) in [7, 11) is 2.19. The first-order valence-electron chi connectivity index (χ1n) is 5.42. The van der Waals surface area contributed by atoms with Crippen molar-refractivity contribution in [1.82, 2.24) is 15.5 Å². The summed E-state index contributed by atoms with van der Waals surface area (Å²) in [4.78, 5) is 2.38. The van der Waals surface area contributed by atoms with E-state index in [0.29, 0.717) is 6.04 Å². The Morgan fingerprint density at radius 2 is 2.14 bits per heavy atom. The molecule has 3 nitrogen and oxygen atoms in total. The SMILES string of the molecule is CN(C1=CC=CCN1)C1CCNCC1. The first-order valence-corrected chi connectivity index (χ1v) is 5.42. The van der Waals surface area contributed by atoms with Crippen LogP contribution in [0.4, 0.5) is 0 Å². The van der Waals surface area contributed by atoms with Crippen molar-refractivity contribution in [1.29, 1.82) is 0 Å². The number of allylic oxidation sites excluding steroid dienone is 2. The molecule has 0 aliphatic carbocycles. The van der Waals surface area contributed by atoms with Crippen molar-refractivity contribution in [3.63, 3.8) is 0 Å². The van der Waals surface area contributed by atoms with Crippen molar-refractivity contribution in [2.45, 2.75) is 18.9 Å². The Balaban J connectivity index is 1.95. The van der Waals surface area contributed by atoms with E-state index in [1.54, 1.807) is 0 Å². The molecular weight excluding hydrogens is 174 g/mol. The summed E-state index contributed by atoms with van der Waals surface area (Å²) in [6.45, 7) is 3.26. The Morgan fingerprint density at radius 1 is 1.36 bits per heavy atom. The minimum atomic E-state index is 0.696. The van der Waals surface area contributed by atoms with Gasteiger partial charge in [0.1, 0.15) is 5.82 Å². The number of nitrogens with one attached hydrogen (secondary N) is 2. The van der Waals surface area contributed by atoms with E-state index < -0.39 is 0 Å². The Labute approximate surface area is 85.9 Å². The fourth-order valence-corrected chi connectivity index (χ4v) is 2.08. The summed E-state index contributed by atoms with van der Waals surface area (Å²) >= 11 is 0. The average Bonchev–Trinajstić information content (AvgIpc) is 2.30. The van der Waals surface area contributed by atoms with Crippen molar-refractivity contribution < 1.29 is 0 Å². The van der Waals surface area contributed by atoms with E-state index in [1.807, 2.05) is 0 Å². The lowest BCUT2D eigenvalue weighted by molar-refractivity contribution is 0.233. The van der Waals surface area contributed by atoms with Gasteiger partial charge in [0.15, 0.2) is 0 Å². The van der Waals surface area contributed by atoms with E-state index in [1.165, 1.54) is 18.7 Å². The molecule has 0 bridgehead atoms. The van der Waals surface area contributed by atoms with Gasteiger partial charge in [0.05, 0.1) is 0 Å². The summed E-state index contributed by atoms with van der Waals surface area (Å²) in [6, 6.07) is 0.696. The summed E-state index contributed by atoms with van der Waals surface area (Å²) in [5.74, 6) is 1.26. The zero-order valence-electron chi connectivity index (χ0n) is 8.79. The predicted molar refractivity (Wildman–Crippen MR) is 58.9 cm³/mol. The largest absolute Gasteiger partial charge is 0.368 e. The minimum Gasteiger partial charge on any atom is -0.368 e. The molecule has 0 aromatic heterocycles. The van der Waals surface area contributed by atoms with Crippen LogP contribution in [0.25, 0.3) is 0 Å². The van der Waals surface area contributed by atoms with Crippen molar-refractivity contribution in [2.75, 3.05) is 26.7 Å². The summed E-state index contributed by atoms with van der Waals surface area (Å²) in [5.41, 5.74) is 0. The summed E-state index contributed by atoms with van der Waals surface area (Å²) in [6.07, 6.45) is 8.92. The highest BCUT2D eigenvalue weighted by Gasteiger charge is 2.19. The van der Waals surface area contributed by atoms with Crippen LogP contribution in [0.1, 0.15) is 12.8 Å². The van der Waals surface area contributed by atoms with Gasteiger partial charge in [0.25, 0.3) is 0 Å². The van der Waals surface area contributed by atoms with E-state index in [9.17, 15) is 0 Å². The number of hydrogen-bond donors (Lipinski definition) is 2. The molecule has 0 unspecified atom stereocenters. The molecule has 78 valence electrons. The van der Waals surface area contributed by atoms with Crippen molar-refractivity contribution in [3.8, 4) is 0 Å². The molecule has 0 saturated carbocycles. The van der Waals surface area contributed by atoms with E-state index in [2.05, 4.69) is 40.8 Å². The molecule has 0 aromatic carbocycles. The monoisotopic (exact) mass is 193 g/mol. The third-order valence-corrected chi connectivity index (χ3v) is 3.03. The van der Waals surface area contributed by atoms with Gasteiger partial charge >= 0.3 is 0 Å². The van der Waals surface area contributed by atoms with Gasteiger partial charge in [-0.1, -0.05) is 12.2 Å². The molecule has 0 radical (unpaired) electrons. The van der Waals surface area contributed by atoms with Gasteiger partial charge in [-0.05, 0) is 32.0 Å².